The Morgan fingerprint density at radius 2 is 2.25 bits per heavy atom. The first-order valence-corrected chi connectivity index (χ1v) is 4.50. The molecule has 12 heavy (non-hydrogen) atoms. The van der Waals surface area contributed by atoms with E-state index in [4.69, 9.17) is 0 Å². The van der Waals surface area contributed by atoms with Gasteiger partial charge < -0.3 is 10.4 Å². The second-order valence-electron chi connectivity index (χ2n) is 2.64. The zero-order chi connectivity index (χ0) is 8.55. The summed E-state index contributed by atoms with van der Waals surface area (Å²) in [6, 6.07) is 3.51. The summed E-state index contributed by atoms with van der Waals surface area (Å²) in [4.78, 5) is 0. The fourth-order valence-corrected chi connectivity index (χ4v) is 1.73. The quantitative estimate of drug-likeness (QED) is 0.666. The molecule has 0 fully saturated rings. The number of halogens is 1. The third-order valence-electron chi connectivity index (χ3n) is 1.85. The van der Waals surface area contributed by atoms with Crippen molar-refractivity contribution in [1.82, 2.24) is 0 Å². The first-order chi connectivity index (χ1) is 5.79. The lowest BCUT2D eigenvalue weighted by atomic mass is 10.1. The number of fused-ring (bicyclic) bond motifs is 1. The zero-order valence-electron chi connectivity index (χ0n) is 6.34. The predicted octanol–water partition coefficient (Wildman–Crippen LogP) is 2.59. The SMILES string of the molecule is Oc1ccc(Br)c2c1NCC=C2. The average molecular weight is 226 g/mol. The van der Waals surface area contributed by atoms with Gasteiger partial charge in [0.25, 0.3) is 0 Å². The molecule has 0 atom stereocenters. The van der Waals surface area contributed by atoms with E-state index in [9.17, 15) is 5.11 Å². The topological polar surface area (TPSA) is 32.3 Å². The average Bonchev–Trinajstić information content (AvgIpc) is 2.12. The normalized spacial score (nSPS) is 13.8. The summed E-state index contributed by atoms with van der Waals surface area (Å²) in [6.45, 7) is 0.775. The van der Waals surface area contributed by atoms with Gasteiger partial charge in [0.2, 0.25) is 0 Å². The summed E-state index contributed by atoms with van der Waals surface area (Å²) >= 11 is 3.41. The highest BCUT2D eigenvalue weighted by Crippen LogP contribution is 2.35. The Hall–Kier alpha value is -0.960. The van der Waals surface area contributed by atoms with E-state index < -0.39 is 0 Å². The molecule has 62 valence electrons. The number of benzene rings is 1. The van der Waals surface area contributed by atoms with E-state index in [0.717, 1.165) is 22.3 Å². The van der Waals surface area contributed by atoms with Gasteiger partial charge in [-0.05, 0) is 12.1 Å². The second-order valence-corrected chi connectivity index (χ2v) is 3.49. The molecule has 1 heterocycles. The van der Waals surface area contributed by atoms with Crippen molar-refractivity contribution >= 4 is 27.7 Å². The summed E-state index contributed by atoms with van der Waals surface area (Å²) in [5.74, 6) is 0.303. The van der Waals surface area contributed by atoms with Crippen molar-refractivity contribution in [3.05, 3.63) is 28.2 Å². The van der Waals surface area contributed by atoms with Gasteiger partial charge in [-0.1, -0.05) is 28.1 Å². The van der Waals surface area contributed by atoms with Crippen molar-refractivity contribution in [2.45, 2.75) is 0 Å². The fraction of sp³-hybridized carbons (Fsp3) is 0.111. The van der Waals surface area contributed by atoms with E-state index in [1.54, 1.807) is 6.07 Å². The van der Waals surface area contributed by atoms with Gasteiger partial charge in [-0.2, -0.15) is 0 Å². The largest absolute Gasteiger partial charge is 0.506 e. The Bertz CT molecular complexity index is 347. The van der Waals surface area contributed by atoms with Gasteiger partial charge in [-0.15, -0.1) is 0 Å². The molecule has 1 aromatic rings. The fourth-order valence-electron chi connectivity index (χ4n) is 1.27. The smallest absolute Gasteiger partial charge is 0.139 e. The van der Waals surface area contributed by atoms with Crippen LogP contribution >= 0.6 is 15.9 Å². The minimum Gasteiger partial charge on any atom is -0.506 e. The van der Waals surface area contributed by atoms with E-state index >= 15 is 0 Å². The van der Waals surface area contributed by atoms with Crippen LogP contribution in [0.4, 0.5) is 5.69 Å². The van der Waals surface area contributed by atoms with Crippen LogP contribution in [0.1, 0.15) is 5.56 Å². The van der Waals surface area contributed by atoms with Crippen LogP contribution in [0.25, 0.3) is 6.08 Å². The minimum absolute atomic E-state index is 0.303. The lowest BCUT2D eigenvalue weighted by Crippen LogP contribution is -2.04. The molecule has 1 aromatic carbocycles. The number of hydrogen-bond donors (Lipinski definition) is 2. The Morgan fingerprint density at radius 1 is 1.42 bits per heavy atom. The maximum atomic E-state index is 9.46. The molecule has 0 saturated heterocycles. The number of phenols is 1. The molecule has 2 rings (SSSR count). The van der Waals surface area contributed by atoms with Crippen LogP contribution in [0, 0.1) is 0 Å². The number of phenolic OH excluding ortho intramolecular Hbond substituents is 1. The van der Waals surface area contributed by atoms with E-state index in [2.05, 4.69) is 21.2 Å². The van der Waals surface area contributed by atoms with Crippen LogP contribution in [-0.2, 0) is 0 Å². The van der Waals surface area contributed by atoms with Crippen molar-refractivity contribution in [3.63, 3.8) is 0 Å². The number of anilines is 1. The Kier molecular flexibility index (Phi) is 1.81. The highest BCUT2D eigenvalue weighted by Gasteiger charge is 2.10. The number of nitrogens with one attached hydrogen (secondary N) is 1. The van der Waals surface area contributed by atoms with Crippen LogP contribution in [0.15, 0.2) is 22.7 Å². The van der Waals surface area contributed by atoms with Crippen molar-refractivity contribution in [2.75, 3.05) is 11.9 Å². The molecule has 0 radical (unpaired) electrons. The van der Waals surface area contributed by atoms with Gasteiger partial charge in [0.05, 0.1) is 5.69 Å². The summed E-state index contributed by atoms with van der Waals surface area (Å²) in [5, 5.41) is 12.6. The Balaban J connectivity index is 2.67. The van der Waals surface area contributed by atoms with Gasteiger partial charge >= 0.3 is 0 Å². The molecule has 0 spiro atoms. The molecule has 0 amide bonds. The predicted molar refractivity (Wildman–Crippen MR) is 53.3 cm³/mol. The molecule has 3 heteroatoms. The van der Waals surface area contributed by atoms with Gasteiger partial charge in [-0.3, -0.25) is 0 Å². The summed E-state index contributed by atoms with van der Waals surface area (Å²) < 4.78 is 0.999. The van der Waals surface area contributed by atoms with E-state index in [1.165, 1.54) is 0 Å². The number of aromatic hydroxyl groups is 1. The molecular formula is C9H8BrNO. The Morgan fingerprint density at radius 3 is 3.00 bits per heavy atom. The molecule has 2 N–H and O–H groups in total. The highest BCUT2D eigenvalue weighted by atomic mass is 79.9. The Labute approximate surface area is 79.0 Å². The van der Waals surface area contributed by atoms with Crippen molar-refractivity contribution in [1.29, 1.82) is 0 Å². The molecule has 1 aliphatic rings. The zero-order valence-corrected chi connectivity index (χ0v) is 7.93. The van der Waals surface area contributed by atoms with Crippen molar-refractivity contribution < 1.29 is 5.11 Å². The molecule has 1 aliphatic heterocycles. The van der Waals surface area contributed by atoms with Gasteiger partial charge in [0.1, 0.15) is 5.75 Å². The maximum absolute atomic E-state index is 9.46. The second kappa shape index (κ2) is 2.83. The maximum Gasteiger partial charge on any atom is 0.139 e. The summed E-state index contributed by atoms with van der Waals surface area (Å²) in [7, 11) is 0. The highest BCUT2D eigenvalue weighted by molar-refractivity contribution is 9.10. The van der Waals surface area contributed by atoms with Crippen LogP contribution in [0.3, 0.4) is 0 Å². The molecule has 0 bridgehead atoms. The first-order valence-electron chi connectivity index (χ1n) is 3.71. The molecule has 2 nitrogen and oxygen atoms in total. The number of hydrogen-bond acceptors (Lipinski definition) is 2. The molecule has 0 unspecified atom stereocenters. The third kappa shape index (κ3) is 1.10. The van der Waals surface area contributed by atoms with Crippen LogP contribution in [0.2, 0.25) is 0 Å². The lowest BCUT2D eigenvalue weighted by Gasteiger charge is -2.15. The van der Waals surface area contributed by atoms with Crippen LogP contribution in [-0.4, -0.2) is 11.7 Å². The van der Waals surface area contributed by atoms with E-state index in [1.807, 2.05) is 18.2 Å². The van der Waals surface area contributed by atoms with Gasteiger partial charge in [0.15, 0.2) is 0 Å². The van der Waals surface area contributed by atoms with E-state index in [0.29, 0.717) is 5.75 Å². The minimum atomic E-state index is 0.303. The summed E-state index contributed by atoms with van der Waals surface area (Å²) in [6.07, 6.45) is 4.02. The first kappa shape index (κ1) is 7.68. The molecule has 0 saturated carbocycles. The van der Waals surface area contributed by atoms with E-state index in [-0.39, 0.29) is 0 Å². The standard InChI is InChI=1S/C9H8BrNO/c10-7-3-4-8(12)9-6(7)2-1-5-11-9/h1-4,11-12H,5H2. The van der Waals surface area contributed by atoms with Gasteiger partial charge in [0, 0.05) is 16.6 Å². The third-order valence-corrected chi connectivity index (χ3v) is 2.54. The molecular weight excluding hydrogens is 218 g/mol. The molecule has 0 aliphatic carbocycles. The van der Waals surface area contributed by atoms with Crippen LogP contribution < -0.4 is 5.32 Å². The van der Waals surface area contributed by atoms with Crippen molar-refractivity contribution in [2.24, 2.45) is 0 Å². The number of rotatable bonds is 0. The van der Waals surface area contributed by atoms with Crippen LogP contribution in [0.5, 0.6) is 5.75 Å². The lowest BCUT2D eigenvalue weighted by molar-refractivity contribution is 0.477. The monoisotopic (exact) mass is 225 g/mol. The van der Waals surface area contributed by atoms with Gasteiger partial charge in [-0.25, -0.2) is 0 Å². The molecule has 0 aromatic heterocycles. The van der Waals surface area contributed by atoms with Crippen molar-refractivity contribution in [3.8, 4) is 5.75 Å². The summed E-state index contributed by atoms with van der Waals surface area (Å²) in [5.41, 5.74) is 1.83.